The Labute approximate surface area is 188 Å². The molecule has 1 heterocycles. The number of carboxylic acids is 2. The number of hydrogen-bond donors (Lipinski definition) is 4. The maximum Gasteiger partial charge on any atom is 0.327 e. The van der Waals surface area contributed by atoms with Crippen molar-refractivity contribution in [2.45, 2.75) is 65.0 Å². The van der Waals surface area contributed by atoms with Crippen LogP contribution in [-0.4, -0.2) is 87.9 Å². The van der Waals surface area contributed by atoms with Gasteiger partial charge in [-0.2, -0.15) is 0 Å². The van der Waals surface area contributed by atoms with Crippen molar-refractivity contribution in [1.82, 2.24) is 15.1 Å². The van der Waals surface area contributed by atoms with Crippen molar-refractivity contribution < 1.29 is 34.2 Å². The van der Waals surface area contributed by atoms with Gasteiger partial charge >= 0.3 is 11.9 Å². The number of piperidine rings is 1. The summed E-state index contributed by atoms with van der Waals surface area (Å²) in [5, 5.41) is 21.8. The highest BCUT2D eigenvalue weighted by molar-refractivity contribution is 6.03. The number of hydrogen-bond acceptors (Lipinski definition) is 7. The summed E-state index contributed by atoms with van der Waals surface area (Å²) in [5.41, 5.74) is 5.65. The van der Waals surface area contributed by atoms with Gasteiger partial charge in [-0.1, -0.05) is 13.8 Å². The molecule has 0 spiro atoms. The lowest BCUT2D eigenvalue weighted by atomic mass is 9.93. The van der Waals surface area contributed by atoms with Crippen LogP contribution in [-0.2, 0) is 24.0 Å². The predicted molar refractivity (Wildman–Crippen MR) is 115 cm³/mol. The SMILES string of the molecule is CCN(CC(=O)N(C(=O)C(N)CC(=O)O)C(C(=O)O)C(C)C)C(=O)CCC1CCNCC1. The molecule has 11 heteroatoms. The van der Waals surface area contributed by atoms with Crippen molar-refractivity contribution in [1.29, 1.82) is 0 Å². The number of nitrogens with one attached hydrogen (secondary N) is 1. The van der Waals surface area contributed by atoms with Gasteiger partial charge in [0.25, 0.3) is 0 Å². The van der Waals surface area contributed by atoms with E-state index in [9.17, 15) is 29.1 Å². The average Bonchev–Trinajstić information content (AvgIpc) is 2.72. The zero-order valence-electron chi connectivity index (χ0n) is 19.1. The van der Waals surface area contributed by atoms with Gasteiger partial charge < -0.3 is 26.2 Å². The van der Waals surface area contributed by atoms with Crippen molar-refractivity contribution in [2.24, 2.45) is 17.6 Å². The molecule has 0 bridgehead atoms. The summed E-state index contributed by atoms with van der Waals surface area (Å²) in [6, 6.07) is -3.11. The second kappa shape index (κ2) is 13.1. The molecule has 0 radical (unpaired) electrons. The second-order valence-corrected chi connectivity index (χ2v) is 8.47. The van der Waals surface area contributed by atoms with Crippen LogP contribution in [0, 0.1) is 11.8 Å². The minimum absolute atomic E-state index is 0.208. The Kier molecular flexibility index (Phi) is 11.3. The molecule has 11 nitrogen and oxygen atoms in total. The monoisotopic (exact) mass is 456 g/mol. The number of likely N-dealkylation sites (N-methyl/N-ethyl adjacent to an activating group) is 1. The summed E-state index contributed by atoms with van der Waals surface area (Å²) in [6.45, 7) is 6.29. The molecule has 1 saturated heterocycles. The van der Waals surface area contributed by atoms with Gasteiger partial charge in [0.15, 0.2) is 0 Å². The van der Waals surface area contributed by atoms with E-state index in [4.69, 9.17) is 10.8 Å². The largest absolute Gasteiger partial charge is 0.481 e. The van der Waals surface area contributed by atoms with Crippen molar-refractivity contribution in [3.8, 4) is 0 Å². The highest BCUT2D eigenvalue weighted by atomic mass is 16.4. The minimum Gasteiger partial charge on any atom is -0.481 e. The standard InChI is InChI=1S/C21H36N4O7/c1-4-24(16(26)6-5-14-7-9-23-10-8-14)12-17(27)25(19(13(2)3)21(31)32)20(30)15(22)11-18(28)29/h13-15,19,23H,4-12,22H2,1-3H3,(H,28,29)(H,31,32). The van der Waals surface area contributed by atoms with Crippen molar-refractivity contribution in [2.75, 3.05) is 26.2 Å². The quantitative estimate of drug-likeness (QED) is 0.312. The lowest BCUT2D eigenvalue weighted by molar-refractivity contribution is -0.162. The van der Waals surface area contributed by atoms with E-state index in [-0.39, 0.29) is 18.9 Å². The first-order valence-electron chi connectivity index (χ1n) is 11.0. The molecule has 0 saturated carbocycles. The summed E-state index contributed by atoms with van der Waals surface area (Å²) < 4.78 is 0. The molecule has 2 atom stereocenters. The van der Waals surface area contributed by atoms with E-state index < -0.39 is 54.7 Å². The number of nitrogens with zero attached hydrogens (tertiary/aromatic N) is 2. The first kappa shape index (κ1) is 27.5. The van der Waals surface area contributed by atoms with Gasteiger partial charge in [0.2, 0.25) is 17.7 Å². The Morgan fingerprint density at radius 3 is 2.12 bits per heavy atom. The van der Waals surface area contributed by atoms with Crippen LogP contribution in [0.2, 0.25) is 0 Å². The van der Waals surface area contributed by atoms with Crippen LogP contribution in [0.4, 0.5) is 0 Å². The summed E-state index contributed by atoms with van der Waals surface area (Å²) in [6.07, 6.45) is 2.17. The van der Waals surface area contributed by atoms with Gasteiger partial charge in [0, 0.05) is 13.0 Å². The topological polar surface area (TPSA) is 170 Å². The van der Waals surface area contributed by atoms with E-state index in [0.717, 1.165) is 25.9 Å². The van der Waals surface area contributed by atoms with E-state index in [1.807, 2.05) is 0 Å². The van der Waals surface area contributed by atoms with Gasteiger partial charge in [0.1, 0.15) is 12.6 Å². The van der Waals surface area contributed by atoms with Crippen molar-refractivity contribution in [3.63, 3.8) is 0 Å². The Morgan fingerprint density at radius 1 is 1.06 bits per heavy atom. The average molecular weight is 457 g/mol. The van der Waals surface area contributed by atoms with Crippen molar-refractivity contribution >= 4 is 29.7 Å². The fourth-order valence-electron chi connectivity index (χ4n) is 3.83. The smallest absolute Gasteiger partial charge is 0.327 e. The number of amides is 3. The number of carboxylic acid groups (broad SMARTS) is 2. The van der Waals surface area contributed by atoms with Gasteiger partial charge in [0.05, 0.1) is 12.5 Å². The summed E-state index contributed by atoms with van der Waals surface area (Å²) >= 11 is 0. The fraction of sp³-hybridized carbons (Fsp3) is 0.762. The summed E-state index contributed by atoms with van der Waals surface area (Å²) in [5.74, 6) is -5.21. The third-order valence-corrected chi connectivity index (χ3v) is 5.67. The first-order chi connectivity index (χ1) is 15.0. The molecule has 32 heavy (non-hydrogen) atoms. The molecule has 1 aliphatic heterocycles. The van der Waals surface area contributed by atoms with Gasteiger partial charge in [-0.05, 0) is 51.1 Å². The van der Waals surface area contributed by atoms with E-state index in [0.29, 0.717) is 17.2 Å². The van der Waals surface area contributed by atoms with Crippen LogP contribution >= 0.6 is 0 Å². The maximum atomic E-state index is 13.0. The third-order valence-electron chi connectivity index (χ3n) is 5.67. The number of nitrogens with two attached hydrogens (primary N) is 1. The molecule has 5 N–H and O–H groups in total. The molecule has 0 aromatic carbocycles. The number of imide groups is 1. The van der Waals surface area contributed by atoms with Crippen LogP contribution in [0.1, 0.15) is 52.9 Å². The number of aliphatic carboxylic acids is 2. The predicted octanol–water partition coefficient (Wildman–Crippen LogP) is -0.119. The number of carbonyl (C=O) groups excluding carboxylic acids is 3. The van der Waals surface area contributed by atoms with Gasteiger partial charge in [-0.15, -0.1) is 0 Å². The van der Waals surface area contributed by atoms with E-state index in [1.165, 1.54) is 18.7 Å². The third kappa shape index (κ3) is 8.19. The van der Waals surface area contributed by atoms with E-state index in [1.54, 1.807) is 6.92 Å². The number of carbonyl (C=O) groups is 5. The highest BCUT2D eigenvalue weighted by Gasteiger charge is 2.40. The summed E-state index contributed by atoms with van der Waals surface area (Å²) in [4.78, 5) is 63.1. The normalized spacial score (nSPS) is 16.3. The fourth-order valence-corrected chi connectivity index (χ4v) is 3.83. The van der Waals surface area contributed by atoms with E-state index in [2.05, 4.69) is 5.32 Å². The molecule has 0 aromatic rings. The summed E-state index contributed by atoms with van der Waals surface area (Å²) in [7, 11) is 0. The second-order valence-electron chi connectivity index (χ2n) is 8.47. The Balaban J connectivity index is 2.97. The lowest BCUT2D eigenvalue weighted by Crippen LogP contribution is -2.58. The molecule has 0 aliphatic carbocycles. The number of rotatable bonds is 12. The van der Waals surface area contributed by atoms with E-state index >= 15 is 0 Å². The maximum absolute atomic E-state index is 13.0. The van der Waals surface area contributed by atoms with Crippen LogP contribution in [0.3, 0.4) is 0 Å². The molecule has 2 unspecified atom stereocenters. The zero-order valence-corrected chi connectivity index (χ0v) is 19.1. The molecule has 182 valence electrons. The van der Waals surface area contributed by atoms with Crippen LogP contribution in [0.15, 0.2) is 0 Å². The molecule has 1 rings (SSSR count). The van der Waals surface area contributed by atoms with Crippen LogP contribution < -0.4 is 11.1 Å². The van der Waals surface area contributed by atoms with Crippen molar-refractivity contribution in [3.05, 3.63) is 0 Å². The minimum atomic E-state index is -1.58. The first-order valence-corrected chi connectivity index (χ1v) is 11.0. The molecule has 1 fully saturated rings. The molecule has 0 aromatic heterocycles. The zero-order chi connectivity index (χ0) is 24.4. The Morgan fingerprint density at radius 2 is 1.66 bits per heavy atom. The Bertz CT molecular complexity index is 692. The van der Waals surface area contributed by atoms with Gasteiger partial charge in [-0.25, -0.2) is 4.79 Å². The lowest BCUT2D eigenvalue weighted by Gasteiger charge is -2.33. The highest BCUT2D eigenvalue weighted by Crippen LogP contribution is 2.19. The molecular formula is C21H36N4O7. The molecule has 1 aliphatic rings. The Hall–Kier alpha value is -2.53. The van der Waals surface area contributed by atoms with Crippen LogP contribution in [0.25, 0.3) is 0 Å². The molecule has 3 amide bonds. The van der Waals surface area contributed by atoms with Crippen LogP contribution in [0.5, 0.6) is 0 Å². The molecular weight excluding hydrogens is 420 g/mol. The van der Waals surface area contributed by atoms with Gasteiger partial charge in [-0.3, -0.25) is 24.1 Å².